The molecule has 3 atom stereocenters. The third-order valence-corrected chi connectivity index (χ3v) is 3.94. The lowest BCUT2D eigenvalue weighted by Gasteiger charge is -2.19. The van der Waals surface area contributed by atoms with Crippen LogP contribution in [0.1, 0.15) is 26.2 Å². The van der Waals surface area contributed by atoms with Crippen molar-refractivity contribution in [2.24, 2.45) is 11.8 Å². The van der Waals surface area contributed by atoms with Gasteiger partial charge in [0.25, 0.3) is 5.91 Å². The van der Waals surface area contributed by atoms with Crippen LogP contribution in [0.4, 0.5) is 0 Å². The maximum Gasteiger partial charge on any atom is 0.306 e. The number of carboxylic acid groups (broad SMARTS) is 1. The van der Waals surface area contributed by atoms with Crippen LogP contribution in [0.2, 0.25) is 0 Å². The number of carbonyl (C=O) groups is 2. The highest BCUT2D eigenvalue weighted by atomic mass is 16.5. The van der Waals surface area contributed by atoms with Crippen LogP contribution in [-0.2, 0) is 9.59 Å². The van der Waals surface area contributed by atoms with E-state index in [1.54, 1.807) is 19.1 Å². The molecule has 1 aliphatic rings. The van der Waals surface area contributed by atoms with Crippen molar-refractivity contribution in [1.29, 1.82) is 0 Å². The molecule has 1 fully saturated rings. The highest BCUT2D eigenvalue weighted by molar-refractivity contribution is 5.80. The third kappa shape index (κ3) is 4.21. The van der Waals surface area contributed by atoms with Crippen molar-refractivity contribution in [3.05, 3.63) is 30.3 Å². The van der Waals surface area contributed by atoms with Crippen molar-refractivity contribution in [3.8, 4) is 5.75 Å². The van der Waals surface area contributed by atoms with Crippen LogP contribution in [0.5, 0.6) is 5.75 Å². The van der Waals surface area contributed by atoms with Gasteiger partial charge in [-0.1, -0.05) is 24.6 Å². The van der Waals surface area contributed by atoms with Gasteiger partial charge in [0.2, 0.25) is 0 Å². The summed E-state index contributed by atoms with van der Waals surface area (Å²) in [6, 6.07) is 9.15. The topological polar surface area (TPSA) is 75.6 Å². The van der Waals surface area contributed by atoms with E-state index in [0.29, 0.717) is 18.7 Å². The minimum Gasteiger partial charge on any atom is -0.481 e. The number of nitrogens with one attached hydrogen (secondary N) is 1. The summed E-state index contributed by atoms with van der Waals surface area (Å²) in [4.78, 5) is 23.1. The fraction of sp³-hybridized carbons (Fsp3) is 0.500. The number of hydrogen-bond acceptors (Lipinski definition) is 3. The molecule has 1 aromatic rings. The van der Waals surface area contributed by atoms with Gasteiger partial charge in [0, 0.05) is 6.54 Å². The van der Waals surface area contributed by atoms with Gasteiger partial charge in [-0.15, -0.1) is 0 Å². The SMILES string of the molecule is CC(Oc1ccccc1)C(=O)NCC1CCCC1C(=O)O. The van der Waals surface area contributed by atoms with E-state index in [0.717, 1.165) is 12.8 Å². The second-order valence-corrected chi connectivity index (χ2v) is 5.45. The first-order valence-electron chi connectivity index (χ1n) is 7.30. The summed E-state index contributed by atoms with van der Waals surface area (Å²) in [6.45, 7) is 2.09. The van der Waals surface area contributed by atoms with Gasteiger partial charge in [-0.25, -0.2) is 0 Å². The molecule has 0 heterocycles. The lowest BCUT2D eigenvalue weighted by Crippen LogP contribution is -2.40. The molecule has 3 unspecified atom stereocenters. The summed E-state index contributed by atoms with van der Waals surface area (Å²) >= 11 is 0. The minimum atomic E-state index is -0.764. The molecule has 5 nitrogen and oxygen atoms in total. The summed E-state index contributed by atoms with van der Waals surface area (Å²) in [5, 5.41) is 11.9. The van der Waals surface area contributed by atoms with E-state index in [-0.39, 0.29) is 17.7 Å². The van der Waals surface area contributed by atoms with E-state index in [4.69, 9.17) is 9.84 Å². The van der Waals surface area contributed by atoms with Gasteiger partial charge in [0.1, 0.15) is 5.75 Å². The van der Waals surface area contributed by atoms with Crippen molar-refractivity contribution in [2.45, 2.75) is 32.3 Å². The molecule has 1 saturated carbocycles. The predicted molar refractivity (Wildman–Crippen MR) is 78.0 cm³/mol. The first kappa shape index (κ1) is 15.4. The predicted octanol–water partition coefficient (Wildman–Crippen LogP) is 2.07. The zero-order valence-corrected chi connectivity index (χ0v) is 12.1. The molecule has 5 heteroatoms. The van der Waals surface area contributed by atoms with Crippen molar-refractivity contribution < 1.29 is 19.4 Å². The molecule has 1 aromatic carbocycles. The van der Waals surface area contributed by atoms with Crippen LogP contribution in [0.15, 0.2) is 30.3 Å². The smallest absolute Gasteiger partial charge is 0.306 e. The summed E-state index contributed by atoms with van der Waals surface area (Å²) in [6.07, 6.45) is 1.86. The highest BCUT2D eigenvalue weighted by Crippen LogP contribution is 2.31. The molecule has 0 radical (unpaired) electrons. The standard InChI is InChI=1S/C16H21NO4/c1-11(21-13-7-3-2-4-8-13)15(18)17-10-12-6-5-9-14(12)16(19)20/h2-4,7-8,11-12,14H,5-6,9-10H2,1H3,(H,17,18)(H,19,20). The molecule has 0 bridgehead atoms. The van der Waals surface area contributed by atoms with E-state index >= 15 is 0 Å². The van der Waals surface area contributed by atoms with Gasteiger partial charge in [-0.3, -0.25) is 9.59 Å². The Hall–Kier alpha value is -2.04. The Morgan fingerprint density at radius 2 is 2.05 bits per heavy atom. The van der Waals surface area contributed by atoms with Crippen molar-refractivity contribution in [2.75, 3.05) is 6.54 Å². The third-order valence-electron chi connectivity index (χ3n) is 3.94. The Morgan fingerprint density at radius 1 is 1.33 bits per heavy atom. The molecule has 0 saturated heterocycles. The number of ether oxygens (including phenoxy) is 1. The largest absolute Gasteiger partial charge is 0.481 e. The van der Waals surface area contributed by atoms with Crippen LogP contribution in [0.3, 0.4) is 0 Å². The normalized spacial score (nSPS) is 22.5. The quantitative estimate of drug-likeness (QED) is 0.841. The van der Waals surface area contributed by atoms with Gasteiger partial charge in [-0.05, 0) is 37.8 Å². The molecule has 0 spiro atoms. The summed E-state index contributed by atoms with van der Waals surface area (Å²) in [5.74, 6) is -0.648. The van der Waals surface area contributed by atoms with E-state index in [1.807, 2.05) is 18.2 Å². The molecular formula is C16H21NO4. The van der Waals surface area contributed by atoms with E-state index < -0.39 is 12.1 Å². The number of amides is 1. The Bertz CT molecular complexity index is 488. The zero-order chi connectivity index (χ0) is 15.2. The first-order valence-corrected chi connectivity index (χ1v) is 7.30. The van der Waals surface area contributed by atoms with Crippen LogP contribution in [0, 0.1) is 11.8 Å². The number of para-hydroxylation sites is 1. The molecule has 0 aliphatic heterocycles. The Kier molecular flexibility index (Phi) is 5.20. The second-order valence-electron chi connectivity index (χ2n) is 5.45. The molecular weight excluding hydrogens is 270 g/mol. The van der Waals surface area contributed by atoms with Gasteiger partial charge in [0.15, 0.2) is 6.10 Å². The van der Waals surface area contributed by atoms with Gasteiger partial charge in [0.05, 0.1) is 5.92 Å². The minimum absolute atomic E-state index is 0.0235. The molecule has 21 heavy (non-hydrogen) atoms. The van der Waals surface area contributed by atoms with Crippen molar-refractivity contribution >= 4 is 11.9 Å². The molecule has 1 amide bonds. The van der Waals surface area contributed by atoms with E-state index in [9.17, 15) is 9.59 Å². The fourth-order valence-corrected chi connectivity index (χ4v) is 2.74. The Balaban J connectivity index is 1.80. The summed E-state index contributed by atoms with van der Waals surface area (Å²) in [7, 11) is 0. The zero-order valence-electron chi connectivity index (χ0n) is 12.1. The number of carbonyl (C=O) groups excluding carboxylic acids is 1. The van der Waals surface area contributed by atoms with Gasteiger partial charge >= 0.3 is 5.97 Å². The maximum atomic E-state index is 12.0. The Labute approximate surface area is 124 Å². The Morgan fingerprint density at radius 3 is 2.71 bits per heavy atom. The number of carboxylic acids is 1. The lowest BCUT2D eigenvalue weighted by molar-refractivity contribution is -0.143. The van der Waals surface area contributed by atoms with Crippen molar-refractivity contribution in [3.63, 3.8) is 0 Å². The number of rotatable bonds is 6. The van der Waals surface area contributed by atoms with Crippen LogP contribution < -0.4 is 10.1 Å². The lowest BCUT2D eigenvalue weighted by atomic mass is 9.96. The molecule has 2 rings (SSSR count). The van der Waals surface area contributed by atoms with Gasteiger partial charge in [-0.2, -0.15) is 0 Å². The van der Waals surface area contributed by atoms with Crippen molar-refractivity contribution in [1.82, 2.24) is 5.32 Å². The van der Waals surface area contributed by atoms with Crippen LogP contribution in [-0.4, -0.2) is 29.6 Å². The van der Waals surface area contributed by atoms with E-state index in [1.165, 1.54) is 0 Å². The average molecular weight is 291 g/mol. The van der Waals surface area contributed by atoms with Gasteiger partial charge < -0.3 is 15.2 Å². The highest BCUT2D eigenvalue weighted by Gasteiger charge is 2.33. The summed E-state index contributed by atoms with van der Waals surface area (Å²) in [5.41, 5.74) is 0. The fourth-order valence-electron chi connectivity index (χ4n) is 2.74. The number of benzene rings is 1. The number of hydrogen-bond donors (Lipinski definition) is 2. The monoisotopic (exact) mass is 291 g/mol. The second kappa shape index (κ2) is 7.11. The molecule has 2 N–H and O–H groups in total. The first-order chi connectivity index (χ1) is 10.1. The van der Waals surface area contributed by atoms with Crippen LogP contribution >= 0.6 is 0 Å². The average Bonchev–Trinajstić information content (AvgIpc) is 2.94. The van der Waals surface area contributed by atoms with Crippen LogP contribution in [0.25, 0.3) is 0 Å². The molecule has 114 valence electrons. The molecule has 0 aromatic heterocycles. The number of aliphatic carboxylic acids is 1. The maximum absolute atomic E-state index is 12.0. The summed E-state index contributed by atoms with van der Waals surface area (Å²) < 4.78 is 5.54. The molecule has 1 aliphatic carbocycles. The van der Waals surface area contributed by atoms with E-state index in [2.05, 4.69) is 5.32 Å².